The van der Waals surface area contributed by atoms with E-state index in [9.17, 15) is 22.2 Å². The van der Waals surface area contributed by atoms with Gasteiger partial charge in [0, 0.05) is 50.4 Å². The molecule has 1 unspecified atom stereocenters. The molecule has 250 valence electrons. The van der Waals surface area contributed by atoms with Crippen molar-refractivity contribution in [1.29, 1.82) is 4.78 Å². The lowest BCUT2D eigenvalue weighted by Crippen LogP contribution is -2.50. The molecular formula is C31H46ClN5O6S2. The number of benzene rings is 2. The maximum atomic E-state index is 13.6. The zero-order valence-electron chi connectivity index (χ0n) is 27.0. The number of piperazine rings is 1. The van der Waals surface area contributed by atoms with Crippen molar-refractivity contribution in [2.24, 2.45) is 0 Å². The largest absolute Gasteiger partial charge is 0.444 e. The van der Waals surface area contributed by atoms with E-state index in [1.807, 2.05) is 25.7 Å². The van der Waals surface area contributed by atoms with Gasteiger partial charge in [-0.3, -0.25) is 9.10 Å². The summed E-state index contributed by atoms with van der Waals surface area (Å²) >= 11 is 6.46. The molecule has 1 aliphatic heterocycles. The molecule has 2 amide bonds. The van der Waals surface area contributed by atoms with Gasteiger partial charge in [0.05, 0.1) is 37.2 Å². The Morgan fingerprint density at radius 3 is 2.22 bits per heavy atom. The maximum absolute atomic E-state index is 13.6. The minimum atomic E-state index is -3.69. The van der Waals surface area contributed by atoms with Gasteiger partial charge < -0.3 is 19.9 Å². The molecule has 1 aliphatic rings. The highest BCUT2D eigenvalue weighted by Gasteiger charge is 2.28. The molecule has 3 rings (SSSR count). The average Bonchev–Trinajstić information content (AvgIpc) is 2.95. The predicted octanol–water partition coefficient (Wildman–Crippen LogP) is 6.42. The summed E-state index contributed by atoms with van der Waals surface area (Å²) in [4.78, 5) is 30.0. The van der Waals surface area contributed by atoms with E-state index in [-0.39, 0.29) is 33.0 Å². The summed E-state index contributed by atoms with van der Waals surface area (Å²) < 4.78 is 52.9. The number of unbranched alkanes of at least 4 members (excludes halogenated alkanes) is 4. The van der Waals surface area contributed by atoms with Crippen LogP contribution in [0, 0.1) is 4.78 Å². The quantitative estimate of drug-likeness (QED) is 0.246. The number of carbonyl (C=O) groups excluding carboxylic acids is 2. The first kappa shape index (κ1) is 36.4. The molecule has 0 saturated carbocycles. The molecular weight excluding hydrogens is 638 g/mol. The third-order valence-electron chi connectivity index (χ3n) is 7.44. The number of nitrogens with one attached hydrogen (secondary N) is 2. The van der Waals surface area contributed by atoms with Gasteiger partial charge in [-0.2, -0.15) is 0 Å². The third-order valence-corrected chi connectivity index (χ3v) is 11.0. The van der Waals surface area contributed by atoms with Gasteiger partial charge in [0.15, 0.2) is 0 Å². The Morgan fingerprint density at radius 1 is 1.00 bits per heavy atom. The molecule has 1 atom stereocenters. The third kappa shape index (κ3) is 10.2. The fourth-order valence-corrected chi connectivity index (χ4v) is 7.46. The standard InChI is InChI=1S/C31H46ClN5O6S2/c1-7-8-9-10-11-20-45(33,42)28-15-12-23(21-26(28)32)34-29(38)25-22-24(13-14-27(25)35(5)44(6,40)41)36-16-18-37(19-17-36)30(39)43-31(2,3)4/h12-15,21-22,33H,7-11,16-20H2,1-6H3,(H,34,38). The van der Waals surface area contributed by atoms with E-state index in [1.54, 1.807) is 29.2 Å². The number of anilines is 3. The van der Waals surface area contributed by atoms with Crippen molar-refractivity contribution in [1.82, 2.24) is 4.90 Å². The van der Waals surface area contributed by atoms with Crippen LogP contribution in [0.1, 0.15) is 70.2 Å². The van der Waals surface area contributed by atoms with Crippen LogP contribution >= 0.6 is 11.6 Å². The van der Waals surface area contributed by atoms with Crippen LogP contribution in [0.2, 0.25) is 5.02 Å². The lowest BCUT2D eigenvalue weighted by Gasteiger charge is -2.37. The van der Waals surface area contributed by atoms with Crippen LogP contribution in [0.25, 0.3) is 0 Å². The molecule has 14 heteroatoms. The van der Waals surface area contributed by atoms with Crippen LogP contribution in [-0.2, 0) is 24.5 Å². The average molecular weight is 684 g/mol. The second-order valence-corrected chi connectivity index (χ2v) is 16.9. The molecule has 1 saturated heterocycles. The summed E-state index contributed by atoms with van der Waals surface area (Å²) in [5, 5.41) is 2.89. The Morgan fingerprint density at radius 2 is 1.64 bits per heavy atom. The lowest BCUT2D eigenvalue weighted by molar-refractivity contribution is 0.0240. The first-order chi connectivity index (χ1) is 20.9. The molecule has 0 aliphatic carbocycles. The number of halogens is 1. The van der Waals surface area contributed by atoms with Gasteiger partial charge in [-0.15, -0.1) is 0 Å². The number of hydrogen-bond acceptors (Lipinski definition) is 8. The zero-order valence-corrected chi connectivity index (χ0v) is 29.4. The number of hydrogen-bond donors (Lipinski definition) is 2. The Kier molecular flexibility index (Phi) is 12.2. The van der Waals surface area contributed by atoms with Crippen molar-refractivity contribution in [2.45, 2.75) is 70.3 Å². The van der Waals surface area contributed by atoms with Gasteiger partial charge in [-0.25, -0.2) is 22.2 Å². The van der Waals surface area contributed by atoms with Crippen LogP contribution < -0.4 is 14.5 Å². The summed E-state index contributed by atoms with van der Waals surface area (Å²) in [6, 6.07) is 9.46. The minimum absolute atomic E-state index is 0.117. The second-order valence-electron chi connectivity index (χ2n) is 12.3. The van der Waals surface area contributed by atoms with Crippen molar-refractivity contribution in [2.75, 3.05) is 59.8 Å². The van der Waals surface area contributed by atoms with Gasteiger partial charge in [0.25, 0.3) is 5.91 Å². The number of amides is 2. The van der Waals surface area contributed by atoms with Crippen molar-refractivity contribution in [3.8, 4) is 0 Å². The molecule has 1 heterocycles. The first-order valence-electron chi connectivity index (χ1n) is 15.1. The van der Waals surface area contributed by atoms with Gasteiger partial charge in [-0.1, -0.05) is 44.2 Å². The summed E-state index contributed by atoms with van der Waals surface area (Å²) in [6.45, 7) is 9.38. The van der Waals surface area contributed by atoms with E-state index in [4.69, 9.17) is 21.1 Å². The molecule has 11 nitrogen and oxygen atoms in total. The van der Waals surface area contributed by atoms with Crippen LogP contribution in [-0.4, -0.2) is 80.4 Å². The van der Waals surface area contributed by atoms with Gasteiger partial charge in [-0.05, 0) is 63.6 Å². The molecule has 2 aromatic rings. The molecule has 2 aromatic carbocycles. The van der Waals surface area contributed by atoms with Crippen molar-refractivity contribution < 1.29 is 27.0 Å². The monoisotopic (exact) mass is 683 g/mol. The van der Waals surface area contributed by atoms with E-state index >= 15 is 0 Å². The highest BCUT2D eigenvalue weighted by atomic mass is 35.5. The Bertz CT molecular complexity index is 1580. The van der Waals surface area contributed by atoms with Crippen molar-refractivity contribution in [3.05, 3.63) is 47.0 Å². The number of carbonyl (C=O) groups is 2. The number of sulfonamides is 1. The first-order valence-corrected chi connectivity index (χ1v) is 19.1. The summed E-state index contributed by atoms with van der Waals surface area (Å²) in [5.74, 6) is -0.358. The van der Waals surface area contributed by atoms with E-state index in [0.717, 1.165) is 36.2 Å². The fraction of sp³-hybridized carbons (Fsp3) is 0.548. The smallest absolute Gasteiger partial charge is 0.410 e. The number of ether oxygens (including phenoxy) is 1. The topological polar surface area (TPSA) is 140 Å². The minimum Gasteiger partial charge on any atom is -0.444 e. The Hall–Kier alpha value is -3.03. The van der Waals surface area contributed by atoms with E-state index < -0.39 is 31.3 Å². The summed E-state index contributed by atoms with van der Waals surface area (Å²) in [7, 11) is -5.42. The SMILES string of the molecule is CCCCCCCS(=N)(=O)c1ccc(NC(=O)c2cc(N3CCN(C(=O)OC(C)(C)C)CC3)ccc2N(C)S(C)(=O)=O)cc1Cl. The molecule has 2 N–H and O–H groups in total. The molecule has 1 fully saturated rings. The highest BCUT2D eigenvalue weighted by Crippen LogP contribution is 2.31. The summed E-state index contributed by atoms with van der Waals surface area (Å²) in [6.07, 6.45) is 5.47. The number of rotatable bonds is 12. The fourth-order valence-electron chi connectivity index (χ4n) is 4.89. The molecule has 0 bridgehead atoms. The number of nitrogens with zero attached hydrogens (tertiary/aromatic N) is 3. The van der Waals surface area contributed by atoms with Gasteiger partial charge >= 0.3 is 6.09 Å². The molecule has 0 radical (unpaired) electrons. The molecule has 0 spiro atoms. The van der Waals surface area contributed by atoms with Gasteiger partial charge in [0.2, 0.25) is 10.0 Å². The van der Waals surface area contributed by atoms with Crippen LogP contribution in [0.4, 0.5) is 21.9 Å². The Labute approximate surface area is 273 Å². The zero-order chi connectivity index (χ0) is 33.6. The van der Waals surface area contributed by atoms with Crippen LogP contribution in [0.3, 0.4) is 0 Å². The van der Waals surface area contributed by atoms with Crippen molar-refractivity contribution >= 4 is 60.4 Å². The predicted molar refractivity (Wildman–Crippen MR) is 182 cm³/mol. The van der Waals surface area contributed by atoms with Crippen LogP contribution in [0.5, 0.6) is 0 Å². The normalized spacial score (nSPS) is 15.4. The summed E-state index contributed by atoms with van der Waals surface area (Å²) in [5.41, 5.74) is 0.710. The molecule has 0 aromatic heterocycles. The molecule has 45 heavy (non-hydrogen) atoms. The van der Waals surface area contributed by atoms with Gasteiger partial charge in [0.1, 0.15) is 5.60 Å². The van der Waals surface area contributed by atoms with Crippen LogP contribution in [0.15, 0.2) is 41.3 Å². The Balaban J connectivity index is 1.81. The van der Waals surface area contributed by atoms with E-state index in [2.05, 4.69) is 12.2 Å². The van der Waals surface area contributed by atoms with E-state index in [0.29, 0.717) is 44.0 Å². The van der Waals surface area contributed by atoms with Crippen molar-refractivity contribution in [3.63, 3.8) is 0 Å². The van der Waals surface area contributed by atoms with E-state index in [1.165, 1.54) is 19.2 Å². The maximum Gasteiger partial charge on any atom is 0.410 e. The highest BCUT2D eigenvalue weighted by molar-refractivity contribution is 7.92. The lowest BCUT2D eigenvalue weighted by atomic mass is 10.1. The second kappa shape index (κ2) is 15.0.